The average molecular weight is 353 g/mol. The highest BCUT2D eigenvalue weighted by atomic mass is 16.5. The molecule has 0 heterocycles. The Kier molecular flexibility index (Phi) is 7.27. The maximum Gasteiger partial charge on any atom is 0.248 e. The number of ether oxygens (including phenoxy) is 2. The number of anilines is 1. The lowest BCUT2D eigenvalue weighted by atomic mass is 10.1. The van der Waals surface area contributed by atoms with E-state index in [0.717, 1.165) is 29.0 Å². The second-order valence-electron chi connectivity index (χ2n) is 6.63. The molecule has 0 aliphatic rings. The molecule has 1 N–H and O–H groups in total. The first kappa shape index (κ1) is 19.6. The first-order chi connectivity index (χ1) is 12.5. The standard InChI is InChI=1S/C22H27NO3/c1-16(2)13-14-26-20-11-7-18(15-21(20)25-4)8-12-22(24)23-19-9-5-17(3)6-10-19/h5-12,15-16H,13-14H2,1-4H3,(H,23,24)/b12-8+. The molecule has 0 radical (unpaired) electrons. The molecule has 0 saturated heterocycles. The van der Waals surface area contributed by atoms with Crippen LogP contribution in [-0.4, -0.2) is 19.6 Å². The summed E-state index contributed by atoms with van der Waals surface area (Å²) in [5.74, 6) is 1.80. The van der Waals surface area contributed by atoms with Crippen LogP contribution in [0.3, 0.4) is 0 Å². The number of amides is 1. The van der Waals surface area contributed by atoms with Crippen molar-refractivity contribution < 1.29 is 14.3 Å². The Bertz CT molecular complexity index is 748. The van der Waals surface area contributed by atoms with Gasteiger partial charge in [0.1, 0.15) is 0 Å². The van der Waals surface area contributed by atoms with Crippen LogP contribution in [0.15, 0.2) is 48.5 Å². The van der Waals surface area contributed by atoms with Gasteiger partial charge in [0, 0.05) is 11.8 Å². The Morgan fingerprint density at radius 2 is 1.85 bits per heavy atom. The van der Waals surface area contributed by atoms with Gasteiger partial charge in [-0.25, -0.2) is 0 Å². The molecule has 138 valence electrons. The number of benzene rings is 2. The summed E-state index contributed by atoms with van der Waals surface area (Å²) in [6.45, 7) is 6.99. The van der Waals surface area contributed by atoms with Crippen molar-refractivity contribution in [2.75, 3.05) is 19.0 Å². The second-order valence-corrected chi connectivity index (χ2v) is 6.63. The van der Waals surface area contributed by atoms with Gasteiger partial charge in [-0.3, -0.25) is 4.79 Å². The molecule has 2 rings (SSSR count). The van der Waals surface area contributed by atoms with Crippen molar-refractivity contribution in [1.29, 1.82) is 0 Å². The number of carbonyl (C=O) groups excluding carboxylic acids is 1. The van der Waals surface area contributed by atoms with Crippen LogP contribution >= 0.6 is 0 Å². The van der Waals surface area contributed by atoms with Gasteiger partial charge >= 0.3 is 0 Å². The average Bonchev–Trinajstić information content (AvgIpc) is 2.62. The van der Waals surface area contributed by atoms with Crippen molar-refractivity contribution in [3.05, 3.63) is 59.7 Å². The summed E-state index contributed by atoms with van der Waals surface area (Å²) in [7, 11) is 1.61. The van der Waals surface area contributed by atoms with Crippen LogP contribution in [0.25, 0.3) is 6.08 Å². The van der Waals surface area contributed by atoms with Gasteiger partial charge in [-0.05, 0) is 55.2 Å². The number of hydrogen-bond acceptors (Lipinski definition) is 3. The number of rotatable bonds is 8. The van der Waals surface area contributed by atoms with E-state index < -0.39 is 0 Å². The maximum absolute atomic E-state index is 12.0. The summed E-state index contributed by atoms with van der Waals surface area (Å²) in [4.78, 5) is 12.0. The molecule has 0 aliphatic heterocycles. The van der Waals surface area contributed by atoms with E-state index in [1.54, 1.807) is 13.2 Å². The van der Waals surface area contributed by atoms with Crippen molar-refractivity contribution in [2.45, 2.75) is 27.2 Å². The van der Waals surface area contributed by atoms with Crippen LogP contribution in [0, 0.1) is 12.8 Å². The molecule has 4 heteroatoms. The molecule has 4 nitrogen and oxygen atoms in total. The highest BCUT2D eigenvalue weighted by molar-refractivity contribution is 6.01. The van der Waals surface area contributed by atoms with E-state index in [1.165, 1.54) is 6.08 Å². The van der Waals surface area contributed by atoms with Crippen LogP contribution in [0.4, 0.5) is 5.69 Å². The molecule has 0 aromatic heterocycles. The van der Waals surface area contributed by atoms with Crippen molar-refractivity contribution in [3.63, 3.8) is 0 Å². The van der Waals surface area contributed by atoms with Crippen LogP contribution in [0.2, 0.25) is 0 Å². The summed E-state index contributed by atoms with van der Waals surface area (Å²) in [6, 6.07) is 13.3. The van der Waals surface area contributed by atoms with Gasteiger partial charge in [0.15, 0.2) is 11.5 Å². The summed E-state index contributed by atoms with van der Waals surface area (Å²) in [5.41, 5.74) is 2.80. The molecule has 0 fully saturated rings. The van der Waals surface area contributed by atoms with Crippen LogP contribution in [0.5, 0.6) is 11.5 Å². The molecule has 2 aromatic rings. The lowest BCUT2D eigenvalue weighted by molar-refractivity contribution is -0.111. The minimum atomic E-state index is -0.176. The fourth-order valence-corrected chi connectivity index (χ4v) is 2.30. The summed E-state index contributed by atoms with van der Waals surface area (Å²) in [5, 5.41) is 2.84. The van der Waals surface area contributed by atoms with Gasteiger partial charge in [-0.2, -0.15) is 0 Å². The molecule has 0 unspecified atom stereocenters. The third-order valence-electron chi connectivity index (χ3n) is 3.89. The predicted molar refractivity (Wildman–Crippen MR) is 107 cm³/mol. The van der Waals surface area contributed by atoms with Crippen molar-refractivity contribution in [2.24, 2.45) is 5.92 Å². The molecule has 0 aliphatic carbocycles. The van der Waals surface area contributed by atoms with Gasteiger partial charge in [-0.15, -0.1) is 0 Å². The lowest BCUT2D eigenvalue weighted by Gasteiger charge is -2.12. The van der Waals surface area contributed by atoms with Gasteiger partial charge in [0.2, 0.25) is 5.91 Å². The predicted octanol–water partition coefficient (Wildman–Crippen LogP) is 5.08. The third kappa shape index (κ3) is 6.28. The Morgan fingerprint density at radius 1 is 1.12 bits per heavy atom. The van der Waals surface area contributed by atoms with Crippen molar-refractivity contribution >= 4 is 17.7 Å². The topological polar surface area (TPSA) is 47.6 Å². The fourth-order valence-electron chi connectivity index (χ4n) is 2.30. The largest absolute Gasteiger partial charge is 0.493 e. The highest BCUT2D eigenvalue weighted by Crippen LogP contribution is 2.29. The molecule has 0 bridgehead atoms. The Labute approximate surface area is 155 Å². The first-order valence-electron chi connectivity index (χ1n) is 8.84. The van der Waals surface area contributed by atoms with E-state index in [9.17, 15) is 4.79 Å². The van der Waals surface area contributed by atoms with Crippen molar-refractivity contribution in [1.82, 2.24) is 0 Å². The molecule has 1 amide bonds. The Balaban J connectivity index is 1.98. The lowest BCUT2D eigenvalue weighted by Crippen LogP contribution is -2.07. The molecular formula is C22H27NO3. The summed E-state index contributed by atoms with van der Waals surface area (Å²) in [6.07, 6.45) is 4.25. The number of methoxy groups -OCH3 is 1. The molecule has 0 atom stereocenters. The van der Waals surface area contributed by atoms with Crippen LogP contribution in [-0.2, 0) is 4.79 Å². The number of aryl methyl sites for hydroxylation is 1. The number of nitrogens with one attached hydrogen (secondary N) is 1. The minimum absolute atomic E-state index is 0.176. The van der Waals surface area contributed by atoms with E-state index in [4.69, 9.17) is 9.47 Å². The van der Waals surface area contributed by atoms with Gasteiger partial charge in [0.05, 0.1) is 13.7 Å². The second kappa shape index (κ2) is 9.66. The van der Waals surface area contributed by atoms with E-state index in [-0.39, 0.29) is 5.91 Å². The van der Waals surface area contributed by atoms with E-state index in [1.807, 2.05) is 49.4 Å². The summed E-state index contributed by atoms with van der Waals surface area (Å²) < 4.78 is 11.2. The maximum atomic E-state index is 12.0. The normalized spacial score (nSPS) is 11.0. The van der Waals surface area contributed by atoms with Crippen LogP contribution in [0.1, 0.15) is 31.4 Å². The monoisotopic (exact) mass is 353 g/mol. The van der Waals surface area contributed by atoms with Gasteiger partial charge < -0.3 is 14.8 Å². The third-order valence-corrected chi connectivity index (χ3v) is 3.89. The molecule has 0 saturated carbocycles. The quantitative estimate of drug-likeness (QED) is 0.673. The Morgan fingerprint density at radius 3 is 2.50 bits per heavy atom. The number of carbonyl (C=O) groups is 1. The molecule has 2 aromatic carbocycles. The Hall–Kier alpha value is -2.75. The zero-order chi connectivity index (χ0) is 18.9. The minimum Gasteiger partial charge on any atom is -0.493 e. The van der Waals surface area contributed by atoms with E-state index in [0.29, 0.717) is 18.3 Å². The summed E-state index contributed by atoms with van der Waals surface area (Å²) >= 11 is 0. The zero-order valence-electron chi connectivity index (χ0n) is 15.9. The zero-order valence-corrected chi connectivity index (χ0v) is 15.9. The highest BCUT2D eigenvalue weighted by Gasteiger charge is 2.06. The SMILES string of the molecule is COc1cc(/C=C/C(=O)Nc2ccc(C)cc2)ccc1OCCC(C)C. The number of hydrogen-bond donors (Lipinski definition) is 1. The van der Waals surface area contributed by atoms with E-state index >= 15 is 0 Å². The van der Waals surface area contributed by atoms with Crippen molar-refractivity contribution in [3.8, 4) is 11.5 Å². The molecule has 26 heavy (non-hydrogen) atoms. The van der Waals surface area contributed by atoms with Gasteiger partial charge in [-0.1, -0.05) is 37.6 Å². The fraction of sp³-hybridized carbons (Fsp3) is 0.318. The molecule has 0 spiro atoms. The smallest absolute Gasteiger partial charge is 0.248 e. The van der Waals surface area contributed by atoms with E-state index in [2.05, 4.69) is 19.2 Å². The first-order valence-corrected chi connectivity index (χ1v) is 8.84. The van der Waals surface area contributed by atoms with Gasteiger partial charge in [0.25, 0.3) is 0 Å². The molecular weight excluding hydrogens is 326 g/mol. The van der Waals surface area contributed by atoms with Crippen LogP contribution < -0.4 is 14.8 Å².